The van der Waals surface area contributed by atoms with Gasteiger partial charge in [-0.25, -0.2) is 4.98 Å². The van der Waals surface area contributed by atoms with Crippen LogP contribution in [0.1, 0.15) is 37.6 Å². The van der Waals surface area contributed by atoms with Crippen molar-refractivity contribution in [2.24, 2.45) is 0 Å². The van der Waals surface area contributed by atoms with Gasteiger partial charge in [0.2, 0.25) is 0 Å². The van der Waals surface area contributed by atoms with Crippen LogP contribution in [0.5, 0.6) is 0 Å². The Kier molecular flexibility index (Phi) is 4.18. The van der Waals surface area contributed by atoms with Gasteiger partial charge in [-0.3, -0.25) is 0 Å². The normalized spacial score (nSPS) is 14.8. The third kappa shape index (κ3) is 3.46. The van der Waals surface area contributed by atoms with Crippen LogP contribution in [0.2, 0.25) is 0 Å². The number of rotatable bonds is 2. The third-order valence-corrected chi connectivity index (χ3v) is 5.16. The van der Waals surface area contributed by atoms with Crippen molar-refractivity contribution in [1.82, 2.24) is 4.98 Å². The molecular formula is C19H24N2S. The second-order valence-electron chi connectivity index (χ2n) is 6.91. The first-order chi connectivity index (χ1) is 10.4. The molecule has 0 spiro atoms. The molecule has 0 radical (unpaired) electrons. The van der Waals surface area contributed by atoms with E-state index in [2.05, 4.69) is 69.0 Å². The van der Waals surface area contributed by atoms with Gasteiger partial charge in [-0.15, -0.1) is 11.8 Å². The van der Waals surface area contributed by atoms with Crippen LogP contribution < -0.4 is 4.90 Å². The Balaban J connectivity index is 1.81. The zero-order chi connectivity index (χ0) is 15.7. The number of pyridine rings is 1. The van der Waals surface area contributed by atoms with Crippen LogP contribution in [0.15, 0.2) is 41.3 Å². The lowest BCUT2D eigenvalue weighted by atomic mass is 10.00. The number of aryl methyl sites for hydroxylation is 1. The van der Waals surface area contributed by atoms with Gasteiger partial charge in [-0.1, -0.05) is 45.0 Å². The summed E-state index contributed by atoms with van der Waals surface area (Å²) in [7, 11) is 0. The Bertz CT molecular complexity index is 673. The van der Waals surface area contributed by atoms with Gasteiger partial charge < -0.3 is 4.90 Å². The number of hydrogen-bond donors (Lipinski definition) is 0. The summed E-state index contributed by atoms with van der Waals surface area (Å²) in [4.78, 5) is 8.53. The van der Waals surface area contributed by atoms with Gasteiger partial charge in [0, 0.05) is 22.7 Å². The molecule has 1 aromatic heterocycles. The number of aromatic nitrogens is 1. The highest BCUT2D eigenvalue weighted by Crippen LogP contribution is 2.34. The van der Waals surface area contributed by atoms with Gasteiger partial charge in [0.05, 0.1) is 5.69 Å². The average molecular weight is 312 g/mol. The first-order valence-electron chi connectivity index (χ1n) is 7.91. The molecule has 2 aromatic rings. The van der Waals surface area contributed by atoms with Crippen molar-refractivity contribution < 1.29 is 0 Å². The molecule has 3 heteroatoms. The zero-order valence-corrected chi connectivity index (χ0v) is 14.7. The average Bonchev–Trinajstić information content (AvgIpc) is 2.47. The van der Waals surface area contributed by atoms with E-state index >= 15 is 0 Å². The molecule has 2 nitrogen and oxygen atoms in total. The lowest BCUT2D eigenvalue weighted by Crippen LogP contribution is -2.31. The van der Waals surface area contributed by atoms with Crippen LogP contribution in [-0.2, 0) is 13.0 Å². The predicted octanol–water partition coefficient (Wildman–Crippen LogP) is 4.84. The van der Waals surface area contributed by atoms with Crippen molar-refractivity contribution in [3.05, 3.63) is 53.2 Å². The van der Waals surface area contributed by atoms with E-state index in [0.29, 0.717) is 0 Å². The summed E-state index contributed by atoms with van der Waals surface area (Å²) in [5, 5.41) is 0. The van der Waals surface area contributed by atoms with E-state index in [0.717, 1.165) is 31.0 Å². The third-order valence-electron chi connectivity index (χ3n) is 3.89. The Hall–Kier alpha value is -1.48. The minimum absolute atomic E-state index is 0.220. The quantitative estimate of drug-likeness (QED) is 0.738. The lowest BCUT2D eigenvalue weighted by Gasteiger charge is -2.30. The summed E-state index contributed by atoms with van der Waals surface area (Å²) in [5.74, 6) is 1.10. The molecule has 0 aliphatic carbocycles. The first-order valence-corrected chi connectivity index (χ1v) is 8.72. The molecule has 0 saturated heterocycles. The summed E-state index contributed by atoms with van der Waals surface area (Å²) in [6, 6.07) is 13.1. The fraction of sp³-hybridized carbons (Fsp3) is 0.421. The topological polar surface area (TPSA) is 16.1 Å². The van der Waals surface area contributed by atoms with Gasteiger partial charge in [-0.05, 0) is 36.6 Å². The van der Waals surface area contributed by atoms with Crippen LogP contribution >= 0.6 is 11.8 Å². The maximum absolute atomic E-state index is 4.86. The summed E-state index contributed by atoms with van der Waals surface area (Å²) in [6.45, 7) is 10.9. The van der Waals surface area contributed by atoms with Crippen LogP contribution in [0.3, 0.4) is 0 Å². The van der Waals surface area contributed by atoms with Crippen molar-refractivity contribution >= 4 is 17.6 Å². The molecule has 0 atom stereocenters. The molecule has 22 heavy (non-hydrogen) atoms. The van der Waals surface area contributed by atoms with Crippen LogP contribution in [-0.4, -0.2) is 16.3 Å². The van der Waals surface area contributed by atoms with E-state index < -0.39 is 0 Å². The monoisotopic (exact) mass is 312 g/mol. The Labute approximate surface area is 138 Å². The van der Waals surface area contributed by atoms with Crippen molar-refractivity contribution in [3.8, 4) is 0 Å². The molecule has 2 heterocycles. The second-order valence-corrected chi connectivity index (χ2v) is 8.78. The molecule has 0 saturated carbocycles. The highest BCUT2D eigenvalue weighted by atomic mass is 32.2. The summed E-state index contributed by atoms with van der Waals surface area (Å²) in [6.07, 6.45) is 1.11. The largest absolute Gasteiger partial charge is 0.352 e. The Morgan fingerprint density at radius 3 is 2.45 bits per heavy atom. The maximum Gasteiger partial charge on any atom is 0.129 e. The number of nitrogens with zero attached hydrogens (tertiary/aromatic N) is 2. The van der Waals surface area contributed by atoms with Gasteiger partial charge in [0.25, 0.3) is 0 Å². The highest BCUT2D eigenvalue weighted by molar-refractivity contribution is 8.00. The second kappa shape index (κ2) is 5.96. The summed E-state index contributed by atoms with van der Waals surface area (Å²) >= 11 is 1.89. The molecular weight excluding hydrogens is 288 g/mol. The molecule has 0 amide bonds. The van der Waals surface area contributed by atoms with Gasteiger partial charge >= 0.3 is 0 Å². The molecule has 1 aromatic carbocycles. The van der Waals surface area contributed by atoms with Crippen LogP contribution in [0.25, 0.3) is 0 Å². The molecule has 3 rings (SSSR count). The van der Waals surface area contributed by atoms with Crippen molar-refractivity contribution in [1.29, 1.82) is 0 Å². The molecule has 0 bridgehead atoms. The number of anilines is 1. The maximum atomic E-state index is 4.86. The number of fused-ring (bicyclic) bond motifs is 1. The molecule has 1 aliphatic heterocycles. The summed E-state index contributed by atoms with van der Waals surface area (Å²) < 4.78 is 0.220. The molecule has 116 valence electrons. The SMILES string of the molecule is Cc1nc(N2CCc3ccccc3C2)ccc1SC(C)(C)C. The van der Waals surface area contributed by atoms with Crippen LogP contribution in [0.4, 0.5) is 5.82 Å². The fourth-order valence-corrected chi connectivity index (χ4v) is 3.83. The predicted molar refractivity (Wildman–Crippen MR) is 95.8 cm³/mol. The molecule has 0 unspecified atom stereocenters. The molecule has 1 aliphatic rings. The van der Waals surface area contributed by atoms with E-state index in [9.17, 15) is 0 Å². The summed E-state index contributed by atoms with van der Waals surface area (Å²) in [5.41, 5.74) is 4.05. The van der Waals surface area contributed by atoms with E-state index in [-0.39, 0.29) is 4.75 Å². The van der Waals surface area contributed by atoms with E-state index in [1.54, 1.807) is 0 Å². The minimum Gasteiger partial charge on any atom is -0.352 e. The van der Waals surface area contributed by atoms with Crippen LogP contribution in [0, 0.1) is 6.92 Å². The molecule has 0 fully saturated rings. The Morgan fingerprint density at radius 2 is 1.77 bits per heavy atom. The highest BCUT2D eigenvalue weighted by Gasteiger charge is 2.19. The number of thioether (sulfide) groups is 1. The Morgan fingerprint density at radius 1 is 1.05 bits per heavy atom. The first kappa shape index (κ1) is 15.4. The van der Waals surface area contributed by atoms with E-state index in [1.807, 2.05) is 11.8 Å². The number of benzene rings is 1. The van der Waals surface area contributed by atoms with E-state index in [4.69, 9.17) is 4.98 Å². The lowest BCUT2D eigenvalue weighted by molar-refractivity contribution is 0.718. The zero-order valence-electron chi connectivity index (χ0n) is 13.9. The fourth-order valence-electron chi connectivity index (χ4n) is 2.84. The molecule has 0 N–H and O–H groups in total. The standard InChI is InChI=1S/C19H24N2S/c1-14-17(22-19(2,3)4)9-10-18(20-14)21-12-11-15-7-5-6-8-16(15)13-21/h5-10H,11-13H2,1-4H3. The van der Waals surface area contributed by atoms with Gasteiger partial charge in [-0.2, -0.15) is 0 Å². The van der Waals surface area contributed by atoms with Crippen molar-refractivity contribution in [3.63, 3.8) is 0 Å². The van der Waals surface area contributed by atoms with Crippen molar-refractivity contribution in [2.45, 2.75) is 50.3 Å². The van der Waals surface area contributed by atoms with Crippen molar-refractivity contribution in [2.75, 3.05) is 11.4 Å². The smallest absolute Gasteiger partial charge is 0.129 e. The van der Waals surface area contributed by atoms with Gasteiger partial charge in [0.15, 0.2) is 0 Å². The minimum atomic E-state index is 0.220. The number of hydrogen-bond acceptors (Lipinski definition) is 3. The van der Waals surface area contributed by atoms with E-state index in [1.165, 1.54) is 16.0 Å². The van der Waals surface area contributed by atoms with Gasteiger partial charge in [0.1, 0.15) is 5.82 Å².